The van der Waals surface area contributed by atoms with Crippen LogP contribution in [0.5, 0.6) is 0 Å². The molecule has 8 nitrogen and oxygen atoms in total. The van der Waals surface area contributed by atoms with E-state index in [0.717, 1.165) is 83.5 Å². The molecule has 0 aliphatic carbocycles. The third kappa shape index (κ3) is 55.2. The van der Waals surface area contributed by atoms with Gasteiger partial charge in [0.2, 0.25) is 5.91 Å². The van der Waals surface area contributed by atoms with Gasteiger partial charge in [-0.15, -0.1) is 0 Å². The van der Waals surface area contributed by atoms with Gasteiger partial charge in [0.25, 0.3) is 7.82 Å². The van der Waals surface area contributed by atoms with Crippen molar-refractivity contribution in [3.05, 3.63) is 97.2 Å². The second-order valence-electron chi connectivity index (χ2n) is 21.0. The van der Waals surface area contributed by atoms with Gasteiger partial charge < -0.3 is 28.8 Å². The Hall–Kier alpha value is -2.58. The first-order valence-electron chi connectivity index (χ1n) is 29.6. The summed E-state index contributed by atoms with van der Waals surface area (Å²) < 4.78 is 23.3. The molecule has 0 rings (SSSR count). The Balaban J connectivity index is 4.26. The Bertz CT molecular complexity index is 1490. The molecule has 0 aliphatic heterocycles. The zero-order valence-electron chi connectivity index (χ0n) is 47.4. The number of aliphatic hydroxyl groups excluding tert-OH is 1. The highest BCUT2D eigenvalue weighted by Crippen LogP contribution is 2.38. The van der Waals surface area contributed by atoms with Crippen LogP contribution in [-0.4, -0.2) is 68.5 Å². The third-order valence-electron chi connectivity index (χ3n) is 12.8. The number of nitrogens with one attached hydrogen (secondary N) is 1. The number of aliphatic hydroxyl groups is 1. The molecular formula is C63H113N2O6P. The lowest BCUT2D eigenvalue weighted by Crippen LogP contribution is -2.45. The fraction of sp³-hybridized carbons (Fsp3) is 0.730. The summed E-state index contributed by atoms with van der Waals surface area (Å²) in [4.78, 5) is 25.5. The monoisotopic (exact) mass is 1020 g/mol. The van der Waals surface area contributed by atoms with E-state index in [1.165, 1.54) is 141 Å². The molecule has 416 valence electrons. The van der Waals surface area contributed by atoms with Crippen LogP contribution in [0, 0.1) is 0 Å². The van der Waals surface area contributed by atoms with Crippen LogP contribution in [0.4, 0.5) is 0 Å². The Morgan fingerprint density at radius 3 is 1.29 bits per heavy atom. The Morgan fingerprint density at radius 2 is 0.861 bits per heavy atom. The van der Waals surface area contributed by atoms with E-state index in [-0.39, 0.29) is 12.5 Å². The van der Waals surface area contributed by atoms with Gasteiger partial charge in [0.1, 0.15) is 13.2 Å². The fourth-order valence-corrected chi connectivity index (χ4v) is 8.90. The van der Waals surface area contributed by atoms with Crippen LogP contribution in [0.1, 0.15) is 245 Å². The number of nitrogens with zero attached hydrogens (tertiary/aromatic N) is 1. The molecule has 3 unspecified atom stereocenters. The summed E-state index contributed by atoms with van der Waals surface area (Å²) >= 11 is 0. The van der Waals surface area contributed by atoms with Crippen LogP contribution >= 0.6 is 7.82 Å². The van der Waals surface area contributed by atoms with Gasteiger partial charge in [-0.1, -0.05) is 252 Å². The number of likely N-dealkylation sites (N-methyl/N-ethyl adjacent to an activating group) is 1. The maximum absolute atomic E-state index is 13.0. The average molecular weight is 1030 g/mol. The van der Waals surface area contributed by atoms with E-state index in [1.54, 1.807) is 6.08 Å². The predicted molar refractivity (Wildman–Crippen MR) is 311 cm³/mol. The first-order valence-corrected chi connectivity index (χ1v) is 31.1. The summed E-state index contributed by atoms with van der Waals surface area (Å²) in [6.45, 7) is 4.52. The summed E-state index contributed by atoms with van der Waals surface area (Å²) in [5.74, 6) is -0.214. The van der Waals surface area contributed by atoms with Crippen molar-refractivity contribution in [2.45, 2.75) is 257 Å². The van der Waals surface area contributed by atoms with Gasteiger partial charge in [-0.3, -0.25) is 9.36 Å². The molecule has 0 saturated carbocycles. The number of unbranched alkanes of at least 4 members (excludes halogenated alkanes) is 26. The van der Waals surface area contributed by atoms with Crippen LogP contribution in [-0.2, 0) is 18.4 Å². The lowest BCUT2D eigenvalue weighted by atomic mass is 10.0. The molecule has 0 aromatic rings. The van der Waals surface area contributed by atoms with Crippen LogP contribution < -0.4 is 10.2 Å². The zero-order valence-corrected chi connectivity index (χ0v) is 48.2. The Kier molecular flexibility index (Phi) is 51.3. The summed E-state index contributed by atoms with van der Waals surface area (Å²) in [6, 6.07) is -0.913. The second-order valence-corrected chi connectivity index (χ2v) is 22.4. The van der Waals surface area contributed by atoms with E-state index in [4.69, 9.17) is 9.05 Å². The highest BCUT2D eigenvalue weighted by atomic mass is 31.2. The van der Waals surface area contributed by atoms with Crippen LogP contribution in [0.2, 0.25) is 0 Å². The molecule has 0 radical (unpaired) electrons. The second kappa shape index (κ2) is 53.3. The fourth-order valence-electron chi connectivity index (χ4n) is 8.17. The van der Waals surface area contributed by atoms with Crippen molar-refractivity contribution in [2.75, 3.05) is 40.9 Å². The SMILES string of the molecule is CC/C=C\C/C=C\C/C=C\C/C=C\C/C=C\C/C=C\CCCCCCCCCCCCC(=O)NC(COP(=O)([O-])OCC[N+](C)(C)C)C(O)/C=C/CC/C=C/CCCCCCCCCCCCCCCCC. The van der Waals surface area contributed by atoms with E-state index in [9.17, 15) is 19.4 Å². The molecule has 1 amide bonds. The third-order valence-corrected chi connectivity index (χ3v) is 13.7. The van der Waals surface area contributed by atoms with Crippen molar-refractivity contribution in [2.24, 2.45) is 0 Å². The highest BCUT2D eigenvalue weighted by molar-refractivity contribution is 7.45. The minimum atomic E-state index is -4.61. The van der Waals surface area contributed by atoms with E-state index in [1.807, 2.05) is 27.2 Å². The van der Waals surface area contributed by atoms with Crippen molar-refractivity contribution in [3.63, 3.8) is 0 Å². The molecule has 72 heavy (non-hydrogen) atoms. The van der Waals surface area contributed by atoms with Crippen molar-refractivity contribution in [1.82, 2.24) is 5.32 Å². The number of hydrogen-bond donors (Lipinski definition) is 2. The number of amides is 1. The number of phosphoric ester groups is 1. The van der Waals surface area contributed by atoms with Gasteiger partial charge in [-0.25, -0.2) is 0 Å². The first kappa shape index (κ1) is 69.4. The summed E-state index contributed by atoms with van der Waals surface area (Å²) in [6.07, 6.45) is 76.3. The molecule has 0 bridgehead atoms. The van der Waals surface area contributed by atoms with Crippen molar-refractivity contribution in [1.29, 1.82) is 0 Å². The van der Waals surface area contributed by atoms with E-state index in [2.05, 4.69) is 104 Å². The molecule has 0 fully saturated rings. The van der Waals surface area contributed by atoms with Gasteiger partial charge in [-0.05, 0) is 83.5 Å². The summed E-state index contributed by atoms with van der Waals surface area (Å²) in [5, 5.41) is 13.9. The van der Waals surface area contributed by atoms with Gasteiger partial charge in [-0.2, -0.15) is 0 Å². The minimum Gasteiger partial charge on any atom is -0.756 e. The molecule has 9 heteroatoms. The number of hydrogen-bond acceptors (Lipinski definition) is 6. The Morgan fingerprint density at radius 1 is 0.500 bits per heavy atom. The van der Waals surface area contributed by atoms with E-state index >= 15 is 0 Å². The number of allylic oxidation sites excluding steroid dienone is 15. The maximum atomic E-state index is 13.0. The lowest BCUT2D eigenvalue weighted by Gasteiger charge is -2.29. The molecule has 0 spiro atoms. The molecule has 0 heterocycles. The van der Waals surface area contributed by atoms with Gasteiger partial charge >= 0.3 is 0 Å². The van der Waals surface area contributed by atoms with Gasteiger partial charge in [0, 0.05) is 6.42 Å². The number of carbonyl (C=O) groups excluding carboxylic acids is 1. The number of quaternary nitrogens is 1. The standard InChI is InChI=1S/C63H113N2O6P/c1-6-8-10-12-14-16-18-20-22-24-26-28-29-30-31-32-33-34-35-37-39-41-43-45-47-49-51-53-55-57-63(67)64-61(60-71-72(68,69)70-59-58-65(3,4)5)62(66)56-54-52-50-48-46-44-42-40-38-36-27-25-23-21-19-17-15-13-11-9-7-2/h8,10,14,16,20,22,26,28,30-31,33-34,46,48,54,56,61-62,66H,6-7,9,11-13,15,17-19,21,23-25,27,29,32,35-45,47,49-53,55,57-60H2,1-5H3,(H-,64,67,68,69)/b10-8-,16-14-,22-20-,28-26-,31-30-,34-33-,48-46+,56-54+. The molecule has 0 aromatic heterocycles. The molecule has 0 saturated heterocycles. The average Bonchev–Trinajstić information content (AvgIpc) is 3.34. The molecular weight excluding hydrogens is 912 g/mol. The van der Waals surface area contributed by atoms with Crippen molar-refractivity contribution >= 4 is 13.7 Å². The topological polar surface area (TPSA) is 108 Å². The highest BCUT2D eigenvalue weighted by Gasteiger charge is 2.23. The van der Waals surface area contributed by atoms with E-state index < -0.39 is 26.6 Å². The smallest absolute Gasteiger partial charge is 0.268 e. The van der Waals surface area contributed by atoms with Gasteiger partial charge in [0.15, 0.2) is 0 Å². The van der Waals surface area contributed by atoms with E-state index in [0.29, 0.717) is 17.4 Å². The number of rotatable bonds is 53. The maximum Gasteiger partial charge on any atom is 0.268 e. The largest absolute Gasteiger partial charge is 0.756 e. The zero-order chi connectivity index (χ0) is 52.7. The minimum absolute atomic E-state index is 0.0115. The molecule has 0 aromatic carbocycles. The number of phosphoric acid groups is 1. The summed E-state index contributed by atoms with van der Waals surface area (Å²) in [7, 11) is 1.23. The van der Waals surface area contributed by atoms with Crippen LogP contribution in [0.3, 0.4) is 0 Å². The molecule has 2 N–H and O–H groups in total. The Labute approximate surface area is 445 Å². The number of carbonyl (C=O) groups is 1. The normalized spacial score (nSPS) is 14.6. The predicted octanol–water partition coefficient (Wildman–Crippen LogP) is 17.6. The summed E-state index contributed by atoms with van der Waals surface area (Å²) in [5.41, 5.74) is 0. The lowest BCUT2D eigenvalue weighted by molar-refractivity contribution is -0.870. The first-order chi connectivity index (χ1) is 35.0. The quantitative estimate of drug-likeness (QED) is 0.0272. The van der Waals surface area contributed by atoms with Crippen LogP contribution in [0.15, 0.2) is 97.2 Å². The molecule has 3 atom stereocenters. The van der Waals surface area contributed by atoms with Crippen LogP contribution in [0.25, 0.3) is 0 Å². The molecule has 0 aliphatic rings. The van der Waals surface area contributed by atoms with Crippen molar-refractivity contribution < 1.29 is 32.9 Å². The van der Waals surface area contributed by atoms with Crippen molar-refractivity contribution in [3.8, 4) is 0 Å². The van der Waals surface area contributed by atoms with Gasteiger partial charge in [0.05, 0.1) is 39.9 Å².